The molecule has 1 saturated carbocycles. The summed E-state index contributed by atoms with van der Waals surface area (Å²) in [5.74, 6) is 0.952. The van der Waals surface area contributed by atoms with Crippen molar-refractivity contribution in [1.82, 2.24) is 20.1 Å². The molecule has 158 valence electrons. The monoisotopic (exact) mass is 419 g/mol. The van der Waals surface area contributed by atoms with Crippen molar-refractivity contribution in [3.05, 3.63) is 27.8 Å². The Morgan fingerprint density at radius 2 is 2.24 bits per heavy atom. The molecule has 1 fully saturated rings. The maximum atomic E-state index is 12.2. The molecule has 3 rings (SSSR count). The number of thiazole rings is 1. The highest BCUT2D eigenvalue weighted by molar-refractivity contribution is 7.11. The number of anilines is 1. The van der Waals surface area contributed by atoms with E-state index in [9.17, 15) is 14.7 Å². The first-order valence-electron chi connectivity index (χ1n) is 10.1. The molecule has 0 saturated heterocycles. The predicted molar refractivity (Wildman–Crippen MR) is 112 cm³/mol. The highest BCUT2D eigenvalue weighted by atomic mass is 32.1. The molecule has 0 aliphatic heterocycles. The quantitative estimate of drug-likeness (QED) is 0.598. The standard InChI is InChI=1S/C20H29N5O3S/c1-4-12(2)11-25(20(27)28)15-6-5-14(7-15)17-9-18(24-23-17)22-19(26)8-16-10-21-13(3)29-16/h9-10,12,14-15H,4-8,11H2,1-3H3,(H,27,28)(H2,22,23,24,26)/t12-,14-,15+/m0/s1. The van der Waals surface area contributed by atoms with E-state index in [1.54, 1.807) is 11.1 Å². The van der Waals surface area contributed by atoms with Crippen molar-refractivity contribution in [2.75, 3.05) is 11.9 Å². The fraction of sp³-hybridized carbons (Fsp3) is 0.600. The number of rotatable bonds is 8. The van der Waals surface area contributed by atoms with E-state index in [4.69, 9.17) is 0 Å². The molecule has 2 amide bonds. The number of H-pyrrole nitrogens is 1. The van der Waals surface area contributed by atoms with Crippen LogP contribution in [0.2, 0.25) is 0 Å². The van der Waals surface area contributed by atoms with Crippen molar-refractivity contribution in [2.45, 2.75) is 64.8 Å². The fourth-order valence-electron chi connectivity index (χ4n) is 3.81. The van der Waals surface area contributed by atoms with Crippen LogP contribution in [0.25, 0.3) is 0 Å². The Bertz CT molecular complexity index is 849. The van der Waals surface area contributed by atoms with E-state index in [1.807, 2.05) is 13.0 Å². The van der Waals surface area contributed by atoms with Crippen molar-refractivity contribution >= 4 is 29.2 Å². The molecule has 0 bridgehead atoms. The van der Waals surface area contributed by atoms with E-state index in [1.165, 1.54) is 11.3 Å². The predicted octanol–water partition coefficient (Wildman–Crippen LogP) is 4.02. The van der Waals surface area contributed by atoms with Gasteiger partial charge in [0.1, 0.15) is 0 Å². The van der Waals surface area contributed by atoms with Gasteiger partial charge in [-0.3, -0.25) is 9.89 Å². The summed E-state index contributed by atoms with van der Waals surface area (Å²) in [5.41, 5.74) is 0.949. The van der Waals surface area contributed by atoms with Crippen LogP contribution in [0.3, 0.4) is 0 Å². The topological polar surface area (TPSA) is 111 Å². The SMILES string of the molecule is CC[C@H](C)CN(C(=O)O)[C@@H]1CC[C@H](c2cc(NC(=O)Cc3cnc(C)s3)n[nH]2)C1. The smallest absolute Gasteiger partial charge is 0.407 e. The third-order valence-corrected chi connectivity index (χ3v) is 6.52. The van der Waals surface area contributed by atoms with Gasteiger partial charge in [-0.25, -0.2) is 9.78 Å². The van der Waals surface area contributed by atoms with Crippen LogP contribution in [0.1, 0.15) is 61.0 Å². The van der Waals surface area contributed by atoms with Crippen molar-refractivity contribution in [3.8, 4) is 0 Å². The number of hydrogen-bond donors (Lipinski definition) is 3. The first-order chi connectivity index (χ1) is 13.9. The zero-order valence-corrected chi connectivity index (χ0v) is 18.0. The van der Waals surface area contributed by atoms with Gasteiger partial charge in [-0.1, -0.05) is 20.3 Å². The second-order valence-corrected chi connectivity index (χ2v) is 9.21. The van der Waals surface area contributed by atoms with Gasteiger partial charge in [-0.05, 0) is 32.1 Å². The average Bonchev–Trinajstić information content (AvgIpc) is 3.40. The van der Waals surface area contributed by atoms with Crippen LogP contribution in [-0.2, 0) is 11.2 Å². The first-order valence-corrected chi connectivity index (χ1v) is 10.9. The fourth-order valence-corrected chi connectivity index (χ4v) is 4.61. The molecule has 1 aliphatic carbocycles. The maximum Gasteiger partial charge on any atom is 0.407 e. The number of carboxylic acid groups (broad SMARTS) is 1. The van der Waals surface area contributed by atoms with E-state index < -0.39 is 6.09 Å². The largest absolute Gasteiger partial charge is 0.465 e. The van der Waals surface area contributed by atoms with Gasteiger partial charge >= 0.3 is 6.09 Å². The van der Waals surface area contributed by atoms with Crippen molar-refractivity contribution in [3.63, 3.8) is 0 Å². The van der Waals surface area contributed by atoms with Crippen molar-refractivity contribution in [1.29, 1.82) is 0 Å². The Balaban J connectivity index is 1.56. The Labute approximate surface area is 174 Å². The van der Waals surface area contributed by atoms with E-state index in [2.05, 4.69) is 34.3 Å². The number of nitrogens with zero attached hydrogens (tertiary/aromatic N) is 3. The number of carbonyl (C=O) groups excluding carboxylic acids is 1. The first kappa shape index (κ1) is 21.3. The summed E-state index contributed by atoms with van der Waals surface area (Å²) < 4.78 is 0. The summed E-state index contributed by atoms with van der Waals surface area (Å²) in [4.78, 5) is 30.6. The lowest BCUT2D eigenvalue weighted by molar-refractivity contribution is -0.115. The minimum atomic E-state index is -0.841. The lowest BCUT2D eigenvalue weighted by Crippen LogP contribution is -2.40. The van der Waals surface area contributed by atoms with Crippen molar-refractivity contribution in [2.24, 2.45) is 5.92 Å². The molecular formula is C20H29N5O3S. The molecule has 3 N–H and O–H groups in total. The van der Waals surface area contributed by atoms with E-state index in [0.717, 1.165) is 41.3 Å². The molecule has 3 atom stereocenters. The van der Waals surface area contributed by atoms with E-state index in [-0.39, 0.29) is 24.3 Å². The van der Waals surface area contributed by atoms with E-state index >= 15 is 0 Å². The minimum Gasteiger partial charge on any atom is -0.465 e. The molecule has 0 spiro atoms. The summed E-state index contributed by atoms with van der Waals surface area (Å²) >= 11 is 1.51. The summed E-state index contributed by atoms with van der Waals surface area (Å²) in [6.07, 6.45) is 4.66. The van der Waals surface area contributed by atoms with Crippen LogP contribution in [0.5, 0.6) is 0 Å². The number of hydrogen-bond acceptors (Lipinski definition) is 5. The highest BCUT2D eigenvalue weighted by Crippen LogP contribution is 2.37. The minimum absolute atomic E-state index is 0.0300. The Kier molecular flexibility index (Phi) is 6.89. The van der Waals surface area contributed by atoms with E-state index in [0.29, 0.717) is 18.3 Å². The summed E-state index contributed by atoms with van der Waals surface area (Å²) in [5, 5.41) is 20.6. The van der Waals surface area contributed by atoms with Gasteiger partial charge in [-0.2, -0.15) is 5.10 Å². The summed E-state index contributed by atoms with van der Waals surface area (Å²) in [6, 6.07) is 1.89. The molecule has 0 aromatic carbocycles. The number of aromatic nitrogens is 3. The zero-order valence-electron chi connectivity index (χ0n) is 17.1. The molecule has 2 heterocycles. The van der Waals surface area contributed by atoms with Gasteiger partial charge < -0.3 is 15.3 Å². The molecular weight excluding hydrogens is 390 g/mol. The third kappa shape index (κ3) is 5.56. The van der Waals surface area contributed by atoms with Crippen LogP contribution in [-0.4, -0.2) is 49.8 Å². The number of amides is 2. The zero-order chi connectivity index (χ0) is 21.0. The molecule has 1 aliphatic rings. The van der Waals surface area contributed by atoms with Crippen LogP contribution in [0.4, 0.5) is 10.6 Å². The number of aromatic amines is 1. The average molecular weight is 420 g/mol. The lowest BCUT2D eigenvalue weighted by atomic mass is 10.0. The van der Waals surface area contributed by atoms with Crippen molar-refractivity contribution < 1.29 is 14.7 Å². The van der Waals surface area contributed by atoms with Crippen LogP contribution in [0.15, 0.2) is 12.3 Å². The molecule has 0 radical (unpaired) electrons. The number of nitrogens with one attached hydrogen (secondary N) is 2. The second-order valence-electron chi connectivity index (χ2n) is 7.89. The highest BCUT2D eigenvalue weighted by Gasteiger charge is 2.34. The summed E-state index contributed by atoms with van der Waals surface area (Å²) in [7, 11) is 0. The van der Waals surface area contributed by atoms with Crippen LogP contribution >= 0.6 is 11.3 Å². The maximum absolute atomic E-state index is 12.2. The van der Waals surface area contributed by atoms with Gasteiger partial charge in [0, 0.05) is 41.3 Å². The van der Waals surface area contributed by atoms with Crippen LogP contribution in [0, 0.1) is 12.8 Å². The van der Waals surface area contributed by atoms with Gasteiger partial charge in [0.2, 0.25) is 5.91 Å². The Hall–Kier alpha value is -2.42. The number of aryl methyl sites for hydroxylation is 1. The Morgan fingerprint density at radius 3 is 2.90 bits per heavy atom. The molecule has 9 heteroatoms. The second kappa shape index (κ2) is 9.39. The molecule has 29 heavy (non-hydrogen) atoms. The van der Waals surface area contributed by atoms with Gasteiger partial charge in [0.15, 0.2) is 5.82 Å². The summed E-state index contributed by atoms with van der Waals surface area (Å²) in [6.45, 7) is 6.65. The number of carbonyl (C=O) groups is 2. The van der Waals surface area contributed by atoms with Gasteiger partial charge in [-0.15, -0.1) is 11.3 Å². The lowest BCUT2D eigenvalue weighted by Gasteiger charge is -2.28. The van der Waals surface area contributed by atoms with Gasteiger partial charge in [0.05, 0.1) is 11.4 Å². The molecule has 2 aromatic rings. The molecule has 2 aromatic heterocycles. The molecule has 0 unspecified atom stereocenters. The third-order valence-electron chi connectivity index (χ3n) is 5.61. The van der Waals surface area contributed by atoms with Gasteiger partial charge in [0.25, 0.3) is 0 Å². The molecule has 8 nitrogen and oxygen atoms in total. The Morgan fingerprint density at radius 1 is 1.45 bits per heavy atom. The normalized spacial score (nSPS) is 19.8. The van der Waals surface area contributed by atoms with Crippen LogP contribution < -0.4 is 5.32 Å².